The Hall–Kier alpha value is -1.59. The van der Waals surface area contributed by atoms with Crippen molar-refractivity contribution < 1.29 is 14.4 Å². The lowest BCUT2D eigenvalue weighted by atomic mass is 10.1. The zero-order chi connectivity index (χ0) is 22.5. The molecule has 1 heterocycles. The van der Waals surface area contributed by atoms with Gasteiger partial charge in [-0.05, 0) is 38.5 Å². The van der Waals surface area contributed by atoms with E-state index in [2.05, 4.69) is 31.4 Å². The van der Waals surface area contributed by atoms with Crippen LogP contribution in [0.1, 0.15) is 93.9 Å². The van der Waals surface area contributed by atoms with Gasteiger partial charge >= 0.3 is 6.03 Å². The topological polar surface area (TPSA) is 78.5 Å². The first-order valence-corrected chi connectivity index (χ1v) is 11.1. The quantitative estimate of drug-likeness (QED) is 0.603. The molecule has 168 valence electrons. The smallest absolute Gasteiger partial charge is 0.318 e. The summed E-state index contributed by atoms with van der Waals surface area (Å²) in [5.74, 6) is 0.903. The molecule has 1 rings (SSSR count). The Morgan fingerprint density at radius 2 is 1.68 bits per heavy atom. The van der Waals surface area contributed by atoms with Gasteiger partial charge in [-0.25, -0.2) is 4.79 Å². The summed E-state index contributed by atoms with van der Waals surface area (Å²) in [5.41, 5.74) is 0. The molecule has 6 heteroatoms. The lowest BCUT2D eigenvalue weighted by Crippen LogP contribution is -2.49. The van der Waals surface area contributed by atoms with Gasteiger partial charge in [0, 0.05) is 26.6 Å². The number of unbranched alkanes of at least 4 members (excludes halogenated alkanes) is 1. The van der Waals surface area contributed by atoms with E-state index in [-0.39, 0.29) is 18.0 Å². The Kier molecular flexibility index (Phi) is 24.1. The summed E-state index contributed by atoms with van der Waals surface area (Å²) in [6.45, 7) is 17.3. The Morgan fingerprint density at radius 3 is 2.07 bits per heavy atom. The molecule has 0 aromatic rings. The number of rotatable bonds is 7. The number of likely N-dealkylation sites (tertiary alicyclic amines) is 1. The third-order valence-electron chi connectivity index (χ3n) is 3.94. The maximum Gasteiger partial charge on any atom is 0.318 e. The predicted octanol–water partition coefficient (Wildman–Crippen LogP) is 4.77. The zero-order valence-corrected chi connectivity index (χ0v) is 20.0. The van der Waals surface area contributed by atoms with Crippen molar-refractivity contribution in [2.75, 3.05) is 20.1 Å². The molecule has 1 aliphatic rings. The number of amides is 3. The van der Waals surface area contributed by atoms with Crippen LogP contribution >= 0.6 is 0 Å². The van der Waals surface area contributed by atoms with Gasteiger partial charge in [0.15, 0.2) is 0 Å². The van der Waals surface area contributed by atoms with Crippen molar-refractivity contribution in [1.82, 2.24) is 15.5 Å². The maximum atomic E-state index is 11.8. The molecular formula is C22H47N3O3. The fourth-order valence-electron chi connectivity index (χ4n) is 2.41. The maximum absolute atomic E-state index is 11.8. The molecule has 1 atom stereocenters. The minimum Gasteiger partial charge on any atom is -0.357 e. The van der Waals surface area contributed by atoms with Crippen molar-refractivity contribution in [2.45, 2.75) is 100.0 Å². The van der Waals surface area contributed by atoms with Gasteiger partial charge in [-0.3, -0.25) is 4.79 Å². The summed E-state index contributed by atoms with van der Waals surface area (Å²) in [4.78, 5) is 35.3. The molecule has 0 aliphatic carbocycles. The van der Waals surface area contributed by atoms with Crippen LogP contribution < -0.4 is 10.6 Å². The molecule has 0 unspecified atom stereocenters. The van der Waals surface area contributed by atoms with E-state index in [1.54, 1.807) is 18.9 Å². The summed E-state index contributed by atoms with van der Waals surface area (Å²) in [6.07, 6.45) is 5.48. The number of nitrogens with zero attached hydrogens (tertiary/aromatic N) is 1. The van der Waals surface area contributed by atoms with Gasteiger partial charge in [-0.15, -0.1) is 0 Å². The van der Waals surface area contributed by atoms with Gasteiger partial charge in [0.25, 0.3) is 0 Å². The predicted molar refractivity (Wildman–Crippen MR) is 120 cm³/mol. The van der Waals surface area contributed by atoms with E-state index in [0.29, 0.717) is 24.8 Å². The highest BCUT2D eigenvalue weighted by atomic mass is 16.2. The van der Waals surface area contributed by atoms with Crippen LogP contribution in [0.3, 0.4) is 0 Å². The van der Waals surface area contributed by atoms with Crippen molar-refractivity contribution in [3.8, 4) is 0 Å². The van der Waals surface area contributed by atoms with Gasteiger partial charge < -0.3 is 20.3 Å². The van der Waals surface area contributed by atoms with Crippen LogP contribution in [0.5, 0.6) is 0 Å². The highest BCUT2D eigenvalue weighted by Crippen LogP contribution is 2.17. The molecule has 1 aliphatic heterocycles. The SMILES string of the molecule is CC.CC.CC(=O)CCC(C)C.CCCCNC(=O)N1CCC[C@H]1C(=O)NC. The van der Waals surface area contributed by atoms with Crippen molar-refractivity contribution in [1.29, 1.82) is 0 Å². The molecule has 6 nitrogen and oxygen atoms in total. The Labute approximate surface area is 174 Å². The van der Waals surface area contributed by atoms with E-state index in [9.17, 15) is 14.4 Å². The molecule has 0 radical (unpaired) electrons. The number of carbonyl (C=O) groups is 3. The highest BCUT2D eigenvalue weighted by molar-refractivity contribution is 5.87. The first kappa shape index (κ1) is 31.1. The van der Waals surface area contributed by atoms with E-state index in [1.807, 2.05) is 27.7 Å². The van der Waals surface area contributed by atoms with E-state index in [1.165, 1.54) is 0 Å². The second kappa shape index (κ2) is 21.7. The minimum absolute atomic E-state index is 0.0665. The van der Waals surface area contributed by atoms with E-state index in [4.69, 9.17) is 0 Å². The number of Topliss-reactive ketones (excluding diaryl/α,β-unsaturated/α-hetero) is 1. The van der Waals surface area contributed by atoms with Crippen LogP contribution in [0, 0.1) is 5.92 Å². The second-order valence-corrected chi connectivity index (χ2v) is 6.69. The van der Waals surface area contributed by atoms with Gasteiger partial charge in [-0.1, -0.05) is 54.9 Å². The first-order chi connectivity index (χ1) is 13.3. The fourth-order valence-corrected chi connectivity index (χ4v) is 2.41. The molecule has 0 aromatic heterocycles. The average Bonchev–Trinajstić information content (AvgIpc) is 3.19. The average molecular weight is 402 g/mol. The largest absolute Gasteiger partial charge is 0.357 e. The molecule has 3 amide bonds. The first-order valence-electron chi connectivity index (χ1n) is 11.1. The van der Waals surface area contributed by atoms with Crippen molar-refractivity contribution >= 4 is 17.7 Å². The van der Waals surface area contributed by atoms with Crippen molar-refractivity contribution in [3.63, 3.8) is 0 Å². The molecule has 0 saturated carbocycles. The number of hydrogen-bond acceptors (Lipinski definition) is 3. The third kappa shape index (κ3) is 16.6. The van der Waals surface area contributed by atoms with E-state index in [0.717, 1.165) is 38.5 Å². The van der Waals surface area contributed by atoms with Gasteiger partial charge in [0.2, 0.25) is 5.91 Å². The number of nitrogens with one attached hydrogen (secondary N) is 2. The number of hydrogen-bond donors (Lipinski definition) is 2. The summed E-state index contributed by atoms with van der Waals surface area (Å²) in [7, 11) is 1.60. The van der Waals surface area contributed by atoms with Crippen molar-refractivity contribution in [2.24, 2.45) is 5.92 Å². The molecule has 1 fully saturated rings. The molecule has 0 bridgehead atoms. The molecule has 0 spiro atoms. The van der Waals surface area contributed by atoms with E-state index >= 15 is 0 Å². The molecular weight excluding hydrogens is 354 g/mol. The lowest BCUT2D eigenvalue weighted by molar-refractivity contribution is -0.124. The Balaban J connectivity index is -0.000000440. The van der Waals surface area contributed by atoms with Crippen LogP contribution in [0.2, 0.25) is 0 Å². The molecule has 0 aromatic carbocycles. The highest BCUT2D eigenvalue weighted by Gasteiger charge is 2.33. The van der Waals surface area contributed by atoms with Crippen molar-refractivity contribution in [3.05, 3.63) is 0 Å². The van der Waals surface area contributed by atoms with Crippen LogP contribution in [0.15, 0.2) is 0 Å². The van der Waals surface area contributed by atoms with Crippen LogP contribution in [-0.2, 0) is 9.59 Å². The monoisotopic (exact) mass is 401 g/mol. The fraction of sp³-hybridized carbons (Fsp3) is 0.864. The Bertz CT molecular complexity index is 398. The number of carbonyl (C=O) groups excluding carboxylic acids is 3. The normalized spacial score (nSPS) is 14.5. The van der Waals surface area contributed by atoms with Gasteiger partial charge in [0.1, 0.15) is 11.8 Å². The summed E-state index contributed by atoms with van der Waals surface area (Å²) in [6, 6.07) is -0.397. The number of likely N-dealkylation sites (N-methyl/N-ethyl adjacent to an activating group) is 1. The zero-order valence-electron chi connectivity index (χ0n) is 20.0. The van der Waals surface area contributed by atoms with Crippen LogP contribution in [0.4, 0.5) is 4.79 Å². The molecule has 1 saturated heterocycles. The third-order valence-corrected chi connectivity index (χ3v) is 3.94. The minimum atomic E-state index is -0.286. The molecule has 28 heavy (non-hydrogen) atoms. The Morgan fingerprint density at radius 1 is 1.11 bits per heavy atom. The summed E-state index contributed by atoms with van der Waals surface area (Å²) in [5, 5.41) is 5.44. The van der Waals surface area contributed by atoms with Gasteiger partial charge in [-0.2, -0.15) is 0 Å². The van der Waals surface area contributed by atoms with Crippen LogP contribution in [0.25, 0.3) is 0 Å². The summed E-state index contributed by atoms with van der Waals surface area (Å²) >= 11 is 0. The number of ketones is 1. The van der Waals surface area contributed by atoms with Gasteiger partial charge in [0.05, 0.1) is 0 Å². The molecule has 2 N–H and O–H groups in total. The van der Waals surface area contributed by atoms with E-state index < -0.39 is 0 Å². The number of urea groups is 1. The summed E-state index contributed by atoms with van der Waals surface area (Å²) < 4.78 is 0. The second-order valence-electron chi connectivity index (χ2n) is 6.69. The standard InChI is InChI=1S/C11H21N3O2.C7H14O.2C2H6/c1-3-4-7-13-11(16)14-8-5-6-9(14)10(15)12-2;1-6(2)4-5-7(3)8;2*1-2/h9H,3-8H2,1-2H3,(H,12,15)(H,13,16);6H,4-5H2,1-3H3;2*1-2H3/t9-;;;/m0.../s1. The lowest BCUT2D eigenvalue weighted by Gasteiger charge is -2.23. The van der Waals surface area contributed by atoms with Crippen LogP contribution in [-0.4, -0.2) is 48.8 Å².